The lowest BCUT2D eigenvalue weighted by Gasteiger charge is -2.08. The highest BCUT2D eigenvalue weighted by Gasteiger charge is 2.16. The fourth-order valence-electron chi connectivity index (χ4n) is 1.53. The second kappa shape index (κ2) is 6.02. The summed E-state index contributed by atoms with van der Waals surface area (Å²) in [6, 6.07) is 6.15. The van der Waals surface area contributed by atoms with Crippen LogP contribution in [0.3, 0.4) is 0 Å². The minimum Gasteiger partial charge on any atom is -0.478 e. The summed E-state index contributed by atoms with van der Waals surface area (Å²) in [6.07, 6.45) is 2.52. The van der Waals surface area contributed by atoms with Crippen molar-refractivity contribution in [2.45, 2.75) is 0 Å². The fourth-order valence-corrected chi connectivity index (χ4v) is 1.96. The van der Waals surface area contributed by atoms with Crippen LogP contribution in [0.15, 0.2) is 41.1 Å². The van der Waals surface area contributed by atoms with E-state index in [-0.39, 0.29) is 11.1 Å². The van der Waals surface area contributed by atoms with E-state index in [9.17, 15) is 9.59 Å². The molecule has 0 bridgehead atoms. The lowest BCUT2D eigenvalue weighted by atomic mass is 10.1. The van der Waals surface area contributed by atoms with E-state index in [0.29, 0.717) is 15.2 Å². The minimum atomic E-state index is -1.19. The molecule has 0 fully saturated rings. The molecule has 7 heteroatoms. The van der Waals surface area contributed by atoms with Gasteiger partial charge in [-0.3, -0.25) is 9.78 Å². The highest BCUT2D eigenvalue weighted by Crippen LogP contribution is 2.25. The summed E-state index contributed by atoms with van der Waals surface area (Å²) in [7, 11) is 0. The number of carboxylic acids is 1. The average Bonchev–Trinajstić information content (AvgIpc) is 2.43. The Morgan fingerprint density at radius 1 is 1.25 bits per heavy atom. The number of pyridine rings is 1. The number of rotatable bonds is 3. The van der Waals surface area contributed by atoms with Gasteiger partial charge in [0.25, 0.3) is 5.91 Å². The number of amides is 1. The smallest absolute Gasteiger partial charge is 0.336 e. The zero-order valence-corrected chi connectivity index (χ0v) is 12.3. The summed E-state index contributed by atoms with van der Waals surface area (Å²) in [6.45, 7) is 0. The van der Waals surface area contributed by atoms with Gasteiger partial charge in [-0.1, -0.05) is 11.6 Å². The molecule has 20 heavy (non-hydrogen) atoms. The van der Waals surface area contributed by atoms with Gasteiger partial charge in [0, 0.05) is 22.6 Å². The highest BCUT2D eigenvalue weighted by molar-refractivity contribution is 9.10. The number of hydrogen-bond donors (Lipinski definition) is 2. The first-order valence-electron chi connectivity index (χ1n) is 5.42. The van der Waals surface area contributed by atoms with E-state index in [4.69, 9.17) is 16.7 Å². The second-order valence-corrected chi connectivity index (χ2v) is 5.07. The van der Waals surface area contributed by atoms with Gasteiger partial charge in [0.2, 0.25) is 0 Å². The maximum atomic E-state index is 12.1. The molecule has 0 aliphatic carbocycles. The Morgan fingerprint density at radius 3 is 2.65 bits per heavy atom. The van der Waals surface area contributed by atoms with Crippen LogP contribution in [0.25, 0.3) is 0 Å². The van der Waals surface area contributed by atoms with E-state index < -0.39 is 11.9 Å². The molecule has 5 nitrogen and oxygen atoms in total. The van der Waals surface area contributed by atoms with E-state index in [1.54, 1.807) is 18.2 Å². The minimum absolute atomic E-state index is 0.0148. The highest BCUT2D eigenvalue weighted by atomic mass is 79.9. The predicted octanol–water partition coefficient (Wildman–Crippen LogP) is 3.45. The summed E-state index contributed by atoms with van der Waals surface area (Å²) in [5.74, 6) is -1.75. The Hall–Kier alpha value is -1.92. The first-order valence-corrected chi connectivity index (χ1v) is 6.60. The number of carbonyl (C=O) groups excluding carboxylic acids is 1. The van der Waals surface area contributed by atoms with Crippen LogP contribution in [0.2, 0.25) is 5.02 Å². The van der Waals surface area contributed by atoms with Crippen molar-refractivity contribution in [3.63, 3.8) is 0 Å². The molecular formula is C13H8BrClN2O3. The molecule has 1 amide bonds. The number of hydrogen-bond acceptors (Lipinski definition) is 3. The lowest BCUT2D eigenvalue weighted by molar-refractivity contribution is 0.0692. The molecule has 0 radical (unpaired) electrons. The first kappa shape index (κ1) is 14.5. The number of anilines is 1. The van der Waals surface area contributed by atoms with Crippen LogP contribution in [-0.2, 0) is 0 Å². The predicted molar refractivity (Wildman–Crippen MR) is 78.3 cm³/mol. The van der Waals surface area contributed by atoms with Crippen LogP contribution in [0.1, 0.15) is 20.7 Å². The van der Waals surface area contributed by atoms with Crippen LogP contribution >= 0.6 is 27.5 Å². The maximum Gasteiger partial charge on any atom is 0.336 e. The van der Waals surface area contributed by atoms with Crippen molar-refractivity contribution >= 4 is 45.1 Å². The quantitative estimate of drug-likeness (QED) is 0.884. The van der Waals surface area contributed by atoms with Crippen LogP contribution in [0, 0.1) is 0 Å². The topological polar surface area (TPSA) is 79.3 Å². The summed E-state index contributed by atoms with van der Waals surface area (Å²) < 4.78 is 0.699. The zero-order chi connectivity index (χ0) is 14.7. The van der Waals surface area contributed by atoms with Gasteiger partial charge in [0.05, 0.1) is 16.1 Å². The van der Waals surface area contributed by atoms with E-state index in [1.807, 2.05) is 0 Å². The molecule has 1 aromatic heterocycles. The molecule has 2 N–H and O–H groups in total. The molecule has 0 saturated carbocycles. The Labute approximate surface area is 127 Å². The molecule has 2 aromatic rings. The van der Waals surface area contributed by atoms with Crippen molar-refractivity contribution in [3.8, 4) is 0 Å². The molecule has 0 spiro atoms. The van der Waals surface area contributed by atoms with E-state index >= 15 is 0 Å². The Bertz CT molecular complexity index is 691. The van der Waals surface area contributed by atoms with E-state index in [2.05, 4.69) is 26.2 Å². The largest absolute Gasteiger partial charge is 0.478 e. The van der Waals surface area contributed by atoms with Gasteiger partial charge in [0.1, 0.15) is 0 Å². The average molecular weight is 356 g/mol. The number of aromatic carboxylic acids is 1. The van der Waals surface area contributed by atoms with E-state index in [0.717, 1.165) is 0 Å². The zero-order valence-electron chi connectivity index (χ0n) is 9.93. The number of nitrogens with one attached hydrogen (secondary N) is 1. The molecule has 102 valence electrons. The van der Waals surface area contributed by atoms with Gasteiger partial charge in [0.15, 0.2) is 0 Å². The normalized spacial score (nSPS) is 10.1. The van der Waals surface area contributed by atoms with Crippen molar-refractivity contribution in [1.82, 2.24) is 4.98 Å². The first-order chi connectivity index (χ1) is 9.49. The number of carboxylic acid groups (broad SMARTS) is 1. The Kier molecular flexibility index (Phi) is 4.36. The molecule has 0 unspecified atom stereocenters. The number of benzene rings is 1. The Morgan fingerprint density at radius 2 is 2.00 bits per heavy atom. The third kappa shape index (κ3) is 3.15. The third-order valence-corrected chi connectivity index (χ3v) is 3.71. The number of carbonyl (C=O) groups is 2. The summed E-state index contributed by atoms with van der Waals surface area (Å²) in [5, 5.41) is 12.0. The van der Waals surface area contributed by atoms with Crippen LogP contribution < -0.4 is 5.32 Å². The van der Waals surface area contributed by atoms with Crippen LogP contribution in [0.4, 0.5) is 5.69 Å². The third-order valence-electron chi connectivity index (χ3n) is 2.47. The number of halogens is 2. The van der Waals surface area contributed by atoms with Gasteiger partial charge in [-0.15, -0.1) is 0 Å². The van der Waals surface area contributed by atoms with Crippen molar-refractivity contribution in [2.24, 2.45) is 0 Å². The lowest BCUT2D eigenvalue weighted by Crippen LogP contribution is -2.16. The molecule has 1 heterocycles. The van der Waals surface area contributed by atoms with Crippen molar-refractivity contribution < 1.29 is 14.7 Å². The molecule has 0 saturated heterocycles. The standard InChI is InChI=1S/C13H8BrClN2O3/c14-10-2-1-7(5-11(10)15)17-12(18)9-6-16-4-3-8(9)13(19)20/h1-6H,(H,17,18)(H,19,20). The molecular weight excluding hydrogens is 348 g/mol. The molecule has 2 rings (SSSR count). The Balaban J connectivity index is 2.28. The van der Waals surface area contributed by atoms with Gasteiger partial charge in [-0.05, 0) is 40.2 Å². The van der Waals surface area contributed by atoms with Gasteiger partial charge in [-0.25, -0.2) is 4.79 Å². The summed E-state index contributed by atoms with van der Waals surface area (Å²) >= 11 is 9.16. The summed E-state index contributed by atoms with van der Waals surface area (Å²) in [4.78, 5) is 26.9. The molecule has 0 aliphatic rings. The monoisotopic (exact) mass is 354 g/mol. The van der Waals surface area contributed by atoms with Gasteiger partial charge >= 0.3 is 5.97 Å². The van der Waals surface area contributed by atoms with Gasteiger partial charge < -0.3 is 10.4 Å². The molecule has 0 aliphatic heterocycles. The molecule has 1 aromatic carbocycles. The number of nitrogens with zero attached hydrogens (tertiary/aromatic N) is 1. The second-order valence-electron chi connectivity index (χ2n) is 3.81. The fraction of sp³-hybridized carbons (Fsp3) is 0. The van der Waals surface area contributed by atoms with Crippen molar-refractivity contribution in [1.29, 1.82) is 0 Å². The van der Waals surface area contributed by atoms with Gasteiger partial charge in [-0.2, -0.15) is 0 Å². The van der Waals surface area contributed by atoms with Crippen LogP contribution in [-0.4, -0.2) is 22.0 Å². The SMILES string of the molecule is O=C(O)c1ccncc1C(=O)Nc1ccc(Br)c(Cl)c1. The van der Waals surface area contributed by atoms with Crippen molar-refractivity contribution in [3.05, 3.63) is 57.3 Å². The molecule has 0 atom stereocenters. The van der Waals surface area contributed by atoms with Crippen LogP contribution in [0.5, 0.6) is 0 Å². The summed E-state index contributed by atoms with van der Waals surface area (Å²) in [5.41, 5.74) is 0.336. The van der Waals surface area contributed by atoms with E-state index in [1.165, 1.54) is 18.5 Å². The number of aromatic nitrogens is 1. The van der Waals surface area contributed by atoms with Crippen molar-refractivity contribution in [2.75, 3.05) is 5.32 Å². The maximum absolute atomic E-state index is 12.1.